The maximum absolute atomic E-state index is 12.2. The highest BCUT2D eigenvalue weighted by atomic mass is 32.1. The quantitative estimate of drug-likeness (QED) is 0.570. The van der Waals surface area contributed by atoms with Crippen LogP contribution < -0.4 is 10.1 Å². The molecule has 0 saturated carbocycles. The van der Waals surface area contributed by atoms with Gasteiger partial charge >= 0.3 is 11.9 Å². The molecule has 0 bridgehead atoms. The summed E-state index contributed by atoms with van der Waals surface area (Å²) in [6.45, 7) is -0.509. The second-order valence-electron chi connectivity index (χ2n) is 5.55. The Hall–Kier alpha value is -3.24. The molecule has 0 fully saturated rings. The summed E-state index contributed by atoms with van der Waals surface area (Å²) in [5.41, 5.74) is 1.25. The van der Waals surface area contributed by atoms with E-state index >= 15 is 0 Å². The van der Waals surface area contributed by atoms with Crippen molar-refractivity contribution in [1.82, 2.24) is 4.98 Å². The molecule has 0 spiro atoms. The molecule has 3 aromatic rings. The smallest absolute Gasteiger partial charge is 0.358 e. The Balaban J connectivity index is 1.57. The minimum atomic E-state index is -0.713. The van der Waals surface area contributed by atoms with Gasteiger partial charge in [0.05, 0.1) is 19.9 Å². The van der Waals surface area contributed by atoms with Gasteiger partial charge in [0.2, 0.25) is 0 Å². The fourth-order valence-corrected chi connectivity index (χ4v) is 3.84. The van der Waals surface area contributed by atoms with Crippen LogP contribution in [0.5, 0.6) is 5.75 Å². The Kier molecular flexibility index (Phi) is 6.57. The molecule has 1 amide bonds. The number of esters is 2. The number of anilines is 1. The molecular weight excluding hydrogens is 416 g/mol. The molecule has 150 valence electrons. The Morgan fingerprint density at radius 3 is 2.48 bits per heavy atom. The van der Waals surface area contributed by atoms with Gasteiger partial charge in [-0.2, -0.15) is 0 Å². The molecule has 0 atom stereocenters. The topological polar surface area (TPSA) is 104 Å². The molecule has 0 aliphatic rings. The van der Waals surface area contributed by atoms with E-state index < -0.39 is 24.5 Å². The molecule has 2 aromatic heterocycles. The van der Waals surface area contributed by atoms with Crippen molar-refractivity contribution in [3.05, 3.63) is 51.7 Å². The molecule has 8 nitrogen and oxygen atoms in total. The van der Waals surface area contributed by atoms with Crippen LogP contribution in [-0.4, -0.2) is 43.7 Å². The summed E-state index contributed by atoms with van der Waals surface area (Å²) in [6.07, 6.45) is 0. The SMILES string of the molecule is COC(=O)c1sccc1NC(=O)COC(=O)c1csc(-c2ccc(OC)cc2)n1. The van der Waals surface area contributed by atoms with Crippen LogP contribution in [0.15, 0.2) is 41.1 Å². The average molecular weight is 432 g/mol. The van der Waals surface area contributed by atoms with Gasteiger partial charge in [0.1, 0.15) is 15.6 Å². The molecule has 1 aromatic carbocycles. The first-order valence-corrected chi connectivity index (χ1v) is 10.0. The van der Waals surface area contributed by atoms with Gasteiger partial charge in [-0.25, -0.2) is 14.6 Å². The van der Waals surface area contributed by atoms with E-state index in [0.717, 1.165) is 22.6 Å². The number of thiophene rings is 1. The number of nitrogens with one attached hydrogen (secondary N) is 1. The molecule has 0 unspecified atom stereocenters. The summed E-state index contributed by atoms with van der Waals surface area (Å²) in [5.74, 6) is -1.13. The van der Waals surface area contributed by atoms with Gasteiger partial charge in [-0.1, -0.05) is 0 Å². The van der Waals surface area contributed by atoms with Crippen LogP contribution in [0.25, 0.3) is 10.6 Å². The summed E-state index contributed by atoms with van der Waals surface area (Å²) in [6, 6.07) is 8.83. The van der Waals surface area contributed by atoms with Crippen LogP contribution in [-0.2, 0) is 14.3 Å². The van der Waals surface area contributed by atoms with Crippen molar-refractivity contribution in [1.29, 1.82) is 0 Å². The van der Waals surface area contributed by atoms with Crippen molar-refractivity contribution in [3.8, 4) is 16.3 Å². The highest BCUT2D eigenvalue weighted by Gasteiger charge is 2.18. The molecular formula is C19H16N2O6S2. The van der Waals surface area contributed by atoms with Crippen molar-refractivity contribution in [3.63, 3.8) is 0 Å². The zero-order valence-electron chi connectivity index (χ0n) is 15.5. The molecule has 10 heteroatoms. The van der Waals surface area contributed by atoms with E-state index in [9.17, 15) is 14.4 Å². The van der Waals surface area contributed by atoms with Gasteiger partial charge < -0.3 is 19.5 Å². The van der Waals surface area contributed by atoms with Crippen molar-refractivity contribution < 1.29 is 28.6 Å². The Morgan fingerprint density at radius 2 is 1.79 bits per heavy atom. The Morgan fingerprint density at radius 1 is 1.03 bits per heavy atom. The summed E-state index contributed by atoms with van der Waals surface area (Å²) in [4.78, 5) is 40.3. The highest BCUT2D eigenvalue weighted by Crippen LogP contribution is 2.26. The van der Waals surface area contributed by atoms with E-state index in [1.54, 1.807) is 36.1 Å². The number of benzene rings is 1. The number of methoxy groups -OCH3 is 2. The number of thiazole rings is 1. The van der Waals surface area contributed by atoms with Crippen molar-refractivity contribution in [2.24, 2.45) is 0 Å². The number of carbonyl (C=O) groups is 3. The van der Waals surface area contributed by atoms with Crippen molar-refractivity contribution in [2.75, 3.05) is 26.1 Å². The van der Waals surface area contributed by atoms with Gasteiger partial charge in [-0.15, -0.1) is 22.7 Å². The molecule has 1 N–H and O–H groups in total. The van der Waals surface area contributed by atoms with Crippen LogP contribution in [0, 0.1) is 0 Å². The number of rotatable bonds is 7. The first-order chi connectivity index (χ1) is 14.0. The molecule has 2 heterocycles. The van der Waals surface area contributed by atoms with E-state index in [0.29, 0.717) is 10.7 Å². The lowest BCUT2D eigenvalue weighted by molar-refractivity contribution is -0.119. The lowest BCUT2D eigenvalue weighted by Gasteiger charge is -2.06. The van der Waals surface area contributed by atoms with Gasteiger partial charge in [0, 0.05) is 10.9 Å². The number of hydrogen-bond donors (Lipinski definition) is 1. The molecule has 0 aliphatic heterocycles. The van der Waals surface area contributed by atoms with Crippen LogP contribution in [0.2, 0.25) is 0 Å². The fraction of sp³-hybridized carbons (Fsp3) is 0.158. The van der Waals surface area contributed by atoms with Gasteiger partial charge in [0.15, 0.2) is 12.3 Å². The molecule has 0 saturated heterocycles. The Labute approximate surface area is 174 Å². The normalized spacial score (nSPS) is 10.3. The van der Waals surface area contributed by atoms with E-state index in [1.165, 1.54) is 18.4 Å². The standard InChI is InChI=1S/C19H16N2O6S2/c1-25-12-5-3-11(4-6-12)17-21-14(10-29-17)18(23)27-9-15(22)20-13-7-8-28-16(13)19(24)26-2/h3-8,10H,9H2,1-2H3,(H,20,22). The summed E-state index contributed by atoms with van der Waals surface area (Å²) >= 11 is 2.42. The van der Waals surface area contributed by atoms with E-state index in [1.807, 2.05) is 12.1 Å². The van der Waals surface area contributed by atoms with Gasteiger partial charge in [-0.05, 0) is 35.7 Å². The minimum Gasteiger partial charge on any atom is -0.497 e. The second-order valence-corrected chi connectivity index (χ2v) is 7.32. The summed E-state index contributed by atoms with van der Waals surface area (Å²) < 4.78 is 14.8. The van der Waals surface area contributed by atoms with E-state index in [2.05, 4.69) is 15.0 Å². The zero-order valence-corrected chi connectivity index (χ0v) is 17.1. The third kappa shape index (κ3) is 4.98. The third-order valence-corrected chi connectivity index (χ3v) is 5.48. The van der Waals surface area contributed by atoms with Gasteiger partial charge in [-0.3, -0.25) is 4.79 Å². The predicted molar refractivity (Wildman–Crippen MR) is 109 cm³/mol. The minimum absolute atomic E-state index is 0.111. The van der Waals surface area contributed by atoms with E-state index in [-0.39, 0.29) is 10.6 Å². The van der Waals surface area contributed by atoms with Crippen molar-refractivity contribution >= 4 is 46.2 Å². The van der Waals surface area contributed by atoms with Crippen LogP contribution in [0.4, 0.5) is 5.69 Å². The maximum atomic E-state index is 12.2. The second kappa shape index (κ2) is 9.30. The zero-order chi connectivity index (χ0) is 20.8. The highest BCUT2D eigenvalue weighted by molar-refractivity contribution is 7.13. The first kappa shape index (κ1) is 20.5. The largest absolute Gasteiger partial charge is 0.497 e. The van der Waals surface area contributed by atoms with Crippen LogP contribution in [0.3, 0.4) is 0 Å². The predicted octanol–water partition coefficient (Wildman–Crippen LogP) is 3.46. The summed E-state index contributed by atoms with van der Waals surface area (Å²) in [5, 5.41) is 6.37. The van der Waals surface area contributed by atoms with Crippen molar-refractivity contribution in [2.45, 2.75) is 0 Å². The van der Waals surface area contributed by atoms with E-state index in [4.69, 9.17) is 9.47 Å². The number of hydrogen-bond acceptors (Lipinski definition) is 9. The van der Waals surface area contributed by atoms with Gasteiger partial charge in [0.25, 0.3) is 5.91 Å². The number of ether oxygens (including phenoxy) is 3. The summed E-state index contributed by atoms with van der Waals surface area (Å²) in [7, 11) is 2.83. The number of amides is 1. The lowest BCUT2D eigenvalue weighted by Crippen LogP contribution is -2.21. The lowest BCUT2D eigenvalue weighted by atomic mass is 10.2. The molecule has 0 radical (unpaired) electrons. The maximum Gasteiger partial charge on any atom is 0.358 e. The van der Waals surface area contributed by atoms with Crippen LogP contribution >= 0.6 is 22.7 Å². The fourth-order valence-electron chi connectivity index (χ4n) is 2.28. The first-order valence-electron chi connectivity index (χ1n) is 8.24. The number of nitrogens with zero attached hydrogens (tertiary/aromatic N) is 1. The molecule has 3 rings (SSSR count). The number of aromatic nitrogens is 1. The van der Waals surface area contributed by atoms with Crippen LogP contribution in [0.1, 0.15) is 20.2 Å². The number of carbonyl (C=O) groups excluding carboxylic acids is 3. The molecule has 0 aliphatic carbocycles. The Bertz CT molecular complexity index is 1030. The molecule has 29 heavy (non-hydrogen) atoms. The monoisotopic (exact) mass is 432 g/mol. The average Bonchev–Trinajstić information content (AvgIpc) is 3.41. The third-order valence-electron chi connectivity index (χ3n) is 3.69.